The third kappa shape index (κ3) is 5.43. The van der Waals surface area contributed by atoms with Gasteiger partial charge in [0.2, 0.25) is 0 Å². The van der Waals surface area contributed by atoms with E-state index in [0.29, 0.717) is 30.5 Å². The Morgan fingerprint density at radius 1 is 1.06 bits per heavy atom. The van der Waals surface area contributed by atoms with Crippen LogP contribution in [0.3, 0.4) is 0 Å². The lowest BCUT2D eigenvalue weighted by Crippen LogP contribution is -2.42. The number of amides is 1. The lowest BCUT2D eigenvalue weighted by atomic mass is 10.1. The molecular formula is C25H32N2O5S. The van der Waals surface area contributed by atoms with E-state index in [2.05, 4.69) is 11.0 Å². The highest BCUT2D eigenvalue weighted by Gasteiger charge is 2.28. The number of likely N-dealkylation sites (tertiary alicyclic amines) is 1. The molecule has 0 N–H and O–H groups in total. The summed E-state index contributed by atoms with van der Waals surface area (Å²) in [7, 11) is -3.21. The van der Waals surface area contributed by atoms with Gasteiger partial charge >= 0.3 is 6.09 Å². The van der Waals surface area contributed by atoms with E-state index in [0.717, 1.165) is 42.9 Å². The van der Waals surface area contributed by atoms with Crippen LogP contribution in [0.5, 0.6) is 5.75 Å². The molecule has 0 radical (unpaired) electrons. The van der Waals surface area contributed by atoms with Gasteiger partial charge < -0.3 is 19.3 Å². The molecule has 0 aliphatic carbocycles. The van der Waals surface area contributed by atoms with Gasteiger partial charge in [0.1, 0.15) is 11.9 Å². The maximum Gasteiger partial charge on any atom is 0.409 e. The van der Waals surface area contributed by atoms with Gasteiger partial charge in [-0.25, -0.2) is 13.2 Å². The van der Waals surface area contributed by atoms with Crippen molar-refractivity contribution in [2.24, 2.45) is 5.92 Å². The lowest BCUT2D eigenvalue weighted by molar-refractivity contribution is 0.0616. The van der Waals surface area contributed by atoms with Crippen LogP contribution in [0.4, 0.5) is 16.2 Å². The second kappa shape index (κ2) is 9.63. The van der Waals surface area contributed by atoms with Gasteiger partial charge in [0.05, 0.1) is 11.5 Å². The van der Waals surface area contributed by atoms with Gasteiger partial charge in [-0.2, -0.15) is 0 Å². The number of piperidine rings is 1. The van der Waals surface area contributed by atoms with Crippen molar-refractivity contribution in [1.82, 2.24) is 4.90 Å². The number of anilines is 2. The maximum atomic E-state index is 12.2. The van der Waals surface area contributed by atoms with Crippen LogP contribution >= 0.6 is 0 Å². The quantitative estimate of drug-likeness (QED) is 0.620. The Labute approximate surface area is 196 Å². The summed E-state index contributed by atoms with van der Waals surface area (Å²) >= 11 is 0. The van der Waals surface area contributed by atoms with Crippen molar-refractivity contribution < 1.29 is 22.7 Å². The van der Waals surface area contributed by atoms with Crippen LogP contribution in [0.25, 0.3) is 0 Å². The molecule has 1 fully saturated rings. The van der Waals surface area contributed by atoms with E-state index in [4.69, 9.17) is 9.47 Å². The van der Waals surface area contributed by atoms with Gasteiger partial charge in [0, 0.05) is 55.7 Å². The Bertz CT molecular complexity index is 1090. The molecule has 178 valence electrons. The van der Waals surface area contributed by atoms with Crippen LogP contribution in [0.15, 0.2) is 47.4 Å². The Kier molecular flexibility index (Phi) is 6.83. The van der Waals surface area contributed by atoms with Crippen LogP contribution in [0, 0.1) is 5.92 Å². The van der Waals surface area contributed by atoms with Crippen molar-refractivity contribution in [3.05, 3.63) is 48.0 Å². The number of sulfone groups is 1. The second-order valence-electron chi connectivity index (χ2n) is 9.20. The summed E-state index contributed by atoms with van der Waals surface area (Å²) in [5.41, 5.74) is 3.23. The molecule has 0 aromatic heterocycles. The number of carbonyl (C=O) groups is 1. The molecule has 33 heavy (non-hydrogen) atoms. The van der Waals surface area contributed by atoms with E-state index in [1.165, 1.54) is 11.8 Å². The molecule has 0 spiro atoms. The minimum absolute atomic E-state index is 0.0637. The molecule has 2 aliphatic rings. The zero-order valence-corrected chi connectivity index (χ0v) is 20.3. The molecule has 2 aromatic rings. The van der Waals surface area contributed by atoms with Gasteiger partial charge in [-0.3, -0.25) is 0 Å². The molecule has 0 bridgehead atoms. The number of rotatable bonds is 6. The summed E-state index contributed by atoms with van der Waals surface area (Å²) in [6.45, 7) is 6.58. The molecule has 7 nitrogen and oxygen atoms in total. The Morgan fingerprint density at radius 2 is 1.76 bits per heavy atom. The Balaban J connectivity index is 1.40. The lowest BCUT2D eigenvalue weighted by Gasteiger charge is -2.32. The SMILES string of the molecule is CC(C)COC(=O)N1CCC(Oc2cccc3c2CCN3c2ccc(S(C)(=O)=O)cc2)CC1. The fourth-order valence-corrected chi connectivity index (χ4v) is 4.95. The predicted octanol–water partition coefficient (Wildman–Crippen LogP) is 4.42. The highest BCUT2D eigenvalue weighted by molar-refractivity contribution is 7.90. The van der Waals surface area contributed by atoms with Crippen LogP contribution in [-0.2, 0) is 21.0 Å². The van der Waals surface area contributed by atoms with Gasteiger partial charge in [-0.15, -0.1) is 0 Å². The average molecular weight is 473 g/mol. The highest BCUT2D eigenvalue weighted by Crippen LogP contribution is 2.40. The highest BCUT2D eigenvalue weighted by atomic mass is 32.2. The average Bonchev–Trinajstić information content (AvgIpc) is 3.23. The first kappa shape index (κ1) is 23.4. The Hall–Kier alpha value is -2.74. The number of carbonyl (C=O) groups excluding carboxylic acids is 1. The zero-order chi connectivity index (χ0) is 23.6. The van der Waals surface area contributed by atoms with Crippen LogP contribution < -0.4 is 9.64 Å². The van der Waals surface area contributed by atoms with Crippen molar-refractivity contribution in [2.75, 3.05) is 37.4 Å². The van der Waals surface area contributed by atoms with Crippen molar-refractivity contribution in [1.29, 1.82) is 0 Å². The zero-order valence-electron chi connectivity index (χ0n) is 19.5. The number of nitrogens with zero attached hydrogens (tertiary/aromatic N) is 2. The van der Waals surface area contributed by atoms with Gasteiger partial charge in [0.15, 0.2) is 9.84 Å². The summed E-state index contributed by atoms with van der Waals surface area (Å²) in [5.74, 6) is 1.22. The first-order chi connectivity index (χ1) is 15.7. The van der Waals surface area contributed by atoms with E-state index in [1.807, 2.05) is 38.1 Å². The molecule has 1 amide bonds. The van der Waals surface area contributed by atoms with Gasteiger partial charge in [-0.05, 0) is 48.7 Å². The first-order valence-corrected chi connectivity index (χ1v) is 13.4. The summed E-state index contributed by atoms with van der Waals surface area (Å²) in [6.07, 6.45) is 3.46. The first-order valence-electron chi connectivity index (χ1n) is 11.5. The van der Waals surface area contributed by atoms with E-state index in [9.17, 15) is 13.2 Å². The van der Waals surface area contributed by atoms with Crippen molar-refractivity contribution in [3.63, 3.8) is 0 Å². The van der Waals surface area contributed by atoms with Gasteiger partial charge in [0.25, 0.3) is 0 Å². The summed E-state index contributed by atoms with van der Waals surface area (Å²) < 4.78 is 35.2. The summed E-state index contributed by atoms with van der Waals surface area (Å²) in [6, 6.07) is 13.1. The topological polar surface area (TPSA) is 76.2 Å². The molecule has 0 atom stereocenters. The number of benzene rings is 2. The molecule has 4 rings (SSSR count). The molecule has 2 aliphatic heterocycles. The van der Waals surface area contributed by atoms with E-state index >= 15 is 0 Å². The van der Waals surface area contributed by atoms with E-state index < -0.39 is 9.84 Å². The smallest absolute Gasteiger partial charge is 0.409 e. The number of hydrogen-bond donors (Lipinski definition) is 0. The maximum absolute atomic E-state index is 12.2. The fraction of sp³-hybridized carbons (Fsp3) is 0.480. The second-order valence-corrected chi connectivity index (χ2v) is 11.2. The van der Waals surface area contributed by atoms with E-state index in [-0.39, 0.29) is 12.2 Å². The minimum Gasteiger partial charge on any atom is -0.490 e. The normalized spacial score (nSPS) is 16.7. The van der Waals surface area contributed by atoms with E-state index in [1.54, 1.807) is 17.0 Å². The van der Waals surface area contributed by atoms with Crippen molar-refractivity contribution >= 4 is 27.3 Å². The molecule has 1 saturated heterocycles. The monoisotopic (exact) mass is 472 g/mol. The number of ether oxygens (including phenoxy) is 2. The number of hydrogen-bond acceptors (Lipinski definition) is 6. The molecule has 2 heterocycles. The van der Waals surface area contributed by atoms with Crippen LogP contribution in [-0.4, -0.2) is 58.0 Å². The molecular weight excluding hydrogens is 440 g/mol. The summed E-state index contributed by atoms with van der Waals surface area (Å²) in [4.78, 5) is 16.5. The van der Waals surface area contributed by atoms with Crippen LogP contribution in [0.2, 0.25) is 0 Å². The van der Waals surface area contributed by atoms with Gasteiger partial charge in [-0.1, -0.05) is 19.9 Å². The molecule has 0 saturated carbocycles. The third-order valence-electron chi connectivity index (χ3n) is 6.10. The standard InChI is InChI=1S/C25H32N2O5S/c1-18(2)17-31-25(28)26-14-11-20(12-15-26)32-24-6-4-5-23-22(24)13-16-27(23)19-7-9-21(10-8-19)33(3,29)30/h4-10,18,20H,11-17H2,1-3H3. The number of fused-ring (bicyclic) bond motifs is 1. The largest absolute Gasteiger partial charge is 0.490 e. The third-order valence-corrected chi connectivity index (χ3v) is 7.22. The molecule has 0 unspecified atom stereocenters. The van der Waals surface area contributed by atoms with Crippen LogP contribution in [0.1, 0.15) is 32.3 Å². The molecule has 8 heteroatoms. The minimum atomic E-state index is -3.21. The Morgan fingerprint density at radius 3 is 2.39 bits per heavy atom. The molecule has 2 aromatic carbocycles. The summed E-state index contributed by atoms with van der Waals surface area (Å²) in [5, 5.41) is 0. The predicted molar refractivity (Wildman–Crippen MR) is 128 cm³/mol. The fourth-order valence-electron chi connectivity index (χ4n) is 4.32. The van der Waals surface area contributed by atoms with Crippen molar-refractivity contribution in [3.8, 4) is 5.75 Å². The van der Waals surface area contributed by atoms with Crippen molar-refractivity contribution in [2.45, 2.75) is 44.1 Å².